The van der Waals surface area contributed by atoms with Gasteiger partial charge in [-0.2, -0.15) is 4.98 Å². The highest BCUT2D eigenvalue weighted by Crippen LogP contribution is 2.30. The van der Waals surface area contributed by atoms with Crippen molar-refractivity contribution in [2.45, 2.75) is 6.42 Å². The molecule has 0 aliphatic carbocycles. The van der Waals surface area contributed by atoms with Crippen LogP contribution in [-0.2, 0) is 6.42 Å². The fourth-order valence-corrected chi connectivity index (χ4v) is 3.84. The molecule has 1 amide bonds. The molecule has 32 heavy (non-hydrogen) atoms. The van der Waals surface area contributed by atoms with E-state index in [1.54, 1.807) is 12.1 Å². The smallest absolute Gasteiger partial charge is 0.281 e. The molecule has 162 valence electrons. The number of carbonyl (C=O) groups is 1. The third-order valence-corrected chi connectivity index (χ3v) is 5.44. The lowest BCUT2D eigenvalue weighted by Gasteiger charge is -2.09. The zero-order chi connectivity index (χ0) is 22.2. The molecule has 0 atom stereocenters. The molecule has 0 aliphatic heterocycles. The third kappa shape index (κ3) is 3.13. The average Bonchev–Trinajstić information content (AvgIpc) is 3.42. The molecule has 0 aliphatic rings. The highest BCUT2D eigenvalue weighted by Gasteiger charge is 2.20. The lowest BCUT2D eigenvalue weighted by Crippen LogP contribution is -2.26. The Balaban J connectivity index is 1.43. The van der Waals surface area contributed by atoms with Gasteiger partial charge >= 0.3 is 0 Å². The molecule has 3 heterocycles. The topological polar surface area (TPSA) is 126 Å². The van der Waals surface area contributed by atoms with Crippen molar-refractivity contribution in [2.24, 2.45) is 0 Å². The first-order valence-corrected chi connectivity index (χ1v) is 9.96. The molecule has 5 rings (SSSR count). The molecule has 2 aromatic carbocycles. The second-order valence-corrected chi connectivity index (χ2v) is 7.23. The Hall–Kier alpha value is -4.34. The van der Waals surface area contributed by atoms with E-state index in [4.69, 9.17) is 9.47 Å². The van der Waals surface area contributed by atoms with Gasteiger partial charge < -0.3 is 19.8 Å². The van der Waals surface area contributed by atoms with Gasteiger partial charge in [0, 0.05) is 29.7 Å². The lowest BCUT2D eigenvalue weighted by molar-refractivity contribution is 0.0950. The summed E-state index contributed by atoms with van der Waals surface area (Å²) in [7, 11) is 2.99. The van der Waals surface area contributed by atoms with E-state index in [1.807, 2.05) is 30.5 Å². The minimum atomic E-state index is -0.491. The Kier molecular flexibility index (Phi) is 4.74. The molecule has 0 bridgehead atoms. The van der Waals surface area contributed by atoms with Gasteiger partial charge in [-0.15, -0.1) is 5.10 Å². The molecule has 0 fully saturated rings. The van der Waals surface area contributed by atoms with Crippen LogP contribution in [0.2, 0.25) is 0 Å². The first-order valence-electron chi connectivity index (χ1n) is 9.96. The number of rotatable bonds is 6. The van der Waals surface area contributed by atoms with Gasteiger partial charge in [-0.25, -0.2) is 9.73 Å². The van der Waals surface area contributed by atoms with Crippen LogP contribution in [0.25, 0.3) is 27.5 Å². The fourth-order valence-electron chi connectivity index (χ4n) is 3.84. The molecule has 0 saturated heterocycles. The third-order valence-electron chi connectivity index (χ3n) is 5.44. The summed E-state index contributed by atoms with van der Waals surface area (Å²) in [5, 5.41) is 11.1. The van der Waals surface area contributed by atoms with Gasteiger partial charge in [-0.3, -0.25) is 9.59 Å². The minimum Gasteiger partial charge on any atom is -0.493 e. The number of nitrogens with zero attached hydrogens (tertiary/aromatic N) is 3. The van der Waals surface area contributed by atoms with Crippen LogP contribution >= 0.6 is 0 Å². The summed E-state index contributed by atoms with van der Waals surface area (Å²) >= 11 is 0. The molecular weight excluding hydrogens is 412 g/mol. The highest BCUT2D eigenvalue weighted by molar-refractivity contribution is 5.99. The predicted octanol–water partition coefficient (Wildman–Crippen LogP) is 2.04. The second-order valence-electron chi connectivity index (χ2n) is 7.23. The molecule has 3 N–H and O–H groups in total. The maximum atomic E-state index is 12.8. The Morgan fingerprint density at radius 1 is 1.12 bits per heavy atom. The number of hydrogen-bond acceptors (Lipinski definition) is 6. The van der Waals surface area contributed by atoms with E-state index in [1.165, 1.54) is 18.7 Å². The number of H-pyrrole nitrogens is 2. The normalized spacial score (nSPS) is 11.3. The summed E-state index contributed by atoms with van der Waals surface area (Å²) in [4.78, 5) is 32.7. The van der Waals surface area contributed by atoms with Gasteiger partial charge in [-0.1, -0.05) is 18.2 Å². The second kappa shape index (κ2) is 7.73. The predicted molar refractivity (Wildman–Crippen MR) is 119 cm³/mol. The van der Waals surface area contributed by atoms with Crippen LogP contribution in [0.4, 0.5) is 0 Å². The summed E-state index contributed by atoms with van der Waals surface area (Å²) in [6.45, 7) is 0.405. The van der Waals surface area contributed by atoms with E-state index in [-0.39, 0.29) is 11.3 Å². The minimum absolute atomic E-state index is 0.0395. The number of methoxy groups -OCH3 is 2. The standard InChI is InChI=1S/C22H20N6O4/c1-31-17-9-14-16(10-18(17)32-2)28-20(25-21(14)29)19(26-27-28)22(30)23-8-7-12-11-24-15-6-4-3-5-13(12)15/h3-6,9-11,24,27H,7-8H2,1-2H3,(H,23,30). The van der Waals surface area contributed by atoms with Crippen molar-refractivity contribution in [1.29, 1.82) is 0 Å². The molecule has 3 aromatic heterocycles. The maximum Gasteiger partial charge on any atom is 0.281 e. The Morgan fingerprint density at radius 3 is 2.72 bits per heavy atom. The van der Waals surface area contributed by atoms with Crippen molar-refractivity contribution in [1.82, 2.24) is 30.1 Å². The van der Waals surface area contributed by atoms with Crippen LogP contribution in [0.3, 0.4) is 0 Å². The number of nitrogens with one attached hydrogen (secondary N) is 3. The average molecular weight is 432 g/mol. The van der Waals surface area contributed by atoms with Crippen LogP contribution < -0.4 is 20.3 Å². The number of amides is 1. The quantitative estimate of drug-likeness (QED) is 0.377. The fraction of sp³-hybridized carbons (Fsp3) is 0.182. The summed E-state index contributed by atoms with van der Waals surface area (Å²) < 4.78 is 12.1. The van der Waals surface area contributed by atoms with Crippen molar-refractivity contribution < 1.29 is 14.3 Å². The molecule has 0 unspecified atom stereocenters. The molecule has 10 heteroatoms. The SMILES string of the molecule is COc1cc2c(=O)nc3c(C(=O)NCCc4c[nH]c5ccccc45)n[nH]n3c2cc1OC. The van der Waals surface area contributed by atoms with Gasteiger partial charge in [0.2, 0.25) is 0 Å². The molecular formula is C22H20N6O4. The summed E-state index contributed by atoms with van der Waals surface area (Å²) in [5.74, 6) is 0.433. The van der Waals surface area contributed by atoms with Crippen molar-refractivity contribution in [3.05, 3.63) is 64.2 Å². The number of benzene rings is 2. The number of aromatic nitrogens is 5. The number of aromatic amines is 2. The Morgan fingerprint density at radius 2 is 1.91 bits per heavy atom. The summed E-state index contributed by atoms with van der Waals surface area (Å²) in [6.07, 6.45) is 2.58. The largest absolute Gasteiger partial charge is 0.493 e. The van der Waals surface area contributed by atoms with Crippen LogP contribution in [0.1, 0.15) is 16.1 Å². The van der Waals surface area contributed by atoms with Gasteiger partial charge in [0.05, 0.1) is 25.1 Å². The molecule has 10 nitrogen and oxygen atoms in total. The van der Waals surface area contributed by atoms with Gasteiger partial charge in [0.25, 0.3) is 11.5 Å². The summed E-state index contributed by atoms with van der Waals surface area (Å²) in [5.41, 5.74) is 2.32. The summed E-state index contributed by atoms with van der Waals surface area (Å²) in [6, 6.07) is 11.2. The molecule has 0 saturated carbocycles. The number of carbonyl (C=O) groups excluding carboxylic acids is 1. The van der Waals surface area contributed by atoms with Crippen molar-refractivity contribution in [3.63, 3.8) is 0 Å². The van der Waals surface area contributed by atoms with E-state index in [0.717, 1.165) is 16.5 Å². The van der Waals surface area contributed by atoms with Crippen LogP contribution in [0, 0.1) is 0 Å². The Bertz CT molecular complexity index is 1530. The monoisotopic (exact) mass is 432 g/mol. The molecule has 0 radical (unpaired) electrons. The van der Waals surface area contributed by atoms with E-state index >= 15 is 0 Å². The van der Waals surface area contributed by atoms with Crippen molar-refractivity contribution in [3.8, 4) is 11.5 Å². The lowest BCUT2D eigenvalue weighted by atomic mass is 10.1. The van der Waals surface area contributed by atoms with Crippen LogP contribution in [-0.4, -0.2) is 51.5 Å². The van der Waals surface area contributed by atoms with Crippen molar-refractivity contribution in [2.75, 3.05) is 20.8 Å². The zero-order valence-corrected chi connectivity index (χ0v) is 17.4. The highest BCUT2D eigenvalue weighted by atomic mass is 16.5. The number of fused-ring (bicyclic) bond motifs is 4. The first kappa shape index (κ1) is 19.6. The van der Waals surface area contributed by atoms with E-state index in [9.17, 15) is 9.59 Å². The molecule has 0 spiro atoms. The van der Waals surface area contributed by atoms with Crippen molar-refractivity contribution >= 4 is 33.4 Å². The van der Waals surface area contributed by atoms with Gasteiger partial charge in [0.15, 0.2) is 22.8 Å². The number of hydrogen-bond donors (Lipinski definition) is 3. The maximum absolute atomic E-state index is 12.8. The van der Waals surface area contributed by atoms with Gasteiger partial charge in [0.1, 0.15) is 0 Å². The van der Waals surface area contributed by atoms with Gasteiger partial charge in [-0.05, 0) is 24.1 Å². The zero-order valence-electron chi connectivity index (χ0n) is 17.4. The Labute approximate surface area is 181 Å². The number of para-hydroxylation sites is 1. The molecule has 5 aromatic rings. The van der Waals surface area contributed by atoms with Crippen LogP contribution in [0.15, 0.2) is 47.4 Å². The van der Waals surface area contributed by atoms with E-state index in [0.29, 0.717) is 35.4 Å². The first-order chi connectivity index (χ1) is 15.6. The van der Waals surface area contributed by atoms with E-state index < -0.39 is 11.5 Å². The van der Waals surface area contributed by atoms with Crippen LogP contribution in [0.5, 0.6) is 11.5 Å². The van der Waals surface area contributed by atoms with E-state index in [2.05, 4.69) is 25.6 Å². The number of ether oxygens (including phenoxy) is 2.